The summed E-state index contributed by atoms with van der Waals surface area (Å²) in [5, 5.41) is 0. The smallest absolute Gasteiger partial charge is 0.406 e. The molecule has 2 rings (SSSR count). The topological polar surface area (TPSA) is 29.5 Å². The van der Waals surface area contributed by atoms with E-state index >= 15 is 0 Å². The summed E-state index contributed by atoms with van der Waals surface area (Å²) in [5.74, 6) is -0.00305. The van der Waals surface area contributed by atoms with E-state index in [-0.39, 0.29) is 11.7 Å². The van der Waals surface area contributed by atoms with E-state index in [1.165, 1.54) is 12.1 Å². The molecule has 1 amide bonds. The third kappa shape index (κ3) is 3.88. The van der Waals surface area contributed by atoms with Crippen LogP contribution in [0.25, 0.3) is 0 Å². The molecule has 1 aromatic rings. The van der Waals surface area contributed by atoms with Gasteiger partial charge in [-0.1, -0.05) is 6.92 Å². The van der Waals surface area contributed by atoms with E-state index in [1.807, 2.05) is 0 Å². The zero-order chi connectivity index (χ0) is 14.8. The van der Waals surface area contributed by atoms with Crippen molar-refractivity contribution < 1.29 is 22.7 Å². The van der Waals surface area contributed by atoms with Gasteiger partial charge in [0.15, 0.2) is 0 Å². The minimum Gasteiger partial charge on any atom is -0.406 e. The van der Waals surface area contributed by atoms with Gasteiger partial charge in [-0.15, -0.1) is 13.2 Å². The molecule has 1 atom stereocenters. The van der Waals surface area contributed by atoms with Gasteiger partial charge in [0.05, 0.1) is 0 Å². The molecule has 6 heteroatoms. The largest absolute Gasteiger partial charge is 0.573 e. The van der Waals surface area contributed by atoms with Gasteiger partial charge >= 0.3 is 6.36 Å². The van der Waals surface area contributed by atoms with Crippen LogP contribution in [-0.4, -0.2) is 30.3 Å². The number of nitrogens with zero attached hydrogens (tertiary/aromatic N) is 1. The number of likely N-dealkylation sites (tertiary alicyclic amines) is 1. The molecule has 0 bridgehead atoms. The van der Waals surface area contributed by atoms with Gasteiger partial charge in [0.25, 0.3) is 5.91 Å². The summed E-state index contributed by atoms with van der Waals surface area (Å²) >= 11 is 0. The second kappa shape index (κ2) is 5.73. The van der Waals surface area contributed by atoms with E-state index in [1.54, 1.807) is 4.90 Å². The predicted octanol–water partition coefficient (Wildman–Crippen LogP) is 3.46. The highest BCUT2D eigenvalue weighted by molar-refractivity contribution is 5.94. The molecule has 1 aromatic carbocycles. The van der Waals surface area contributed by atoms with E-state index in [9.17, 15) is 18.0 Å². The van der Waals surface area contributed by atoms with Crippen LogP contribution < -0.4 is 4.74 Å². The second-order valence-electron chi connectivity index (χ2n) is 5.07. The van der Waals surface area contributed by atoms with Crippen molar-refractivity contribution >= 4 is 5.91 Å². The number of halogens is 3. The Kier molecular flexibility index (Phi) is 4.20. The Hall–Kier alpha value is -1.72. The third-order valence-electron chi connectivity index (χ3n) is 3.28. The van der Waals surface area contributed by atoms with Crippen molar-refractivity contribution in [2.24, 2.45) is 5.92 Å². The number of hydrogen-bond donors (Lipinski definition) is 0. The van der Waals surface area contributed by atoms with Crippen LogP contribution >= 0.6 is 0 Å². The van der Waals surface area contributed by atoms with Crippen molar-refractivity contribution in [2.45, 2.75) is 26.1 Å². The number of ether oxygens (including phenoxy) is 1. The molecule has 1 heterocycles. The Bertz CT molecular complexity index is 470. The molecule has 1 aliphatic heterocycles. The molecule has 110 valence electrons. The van der Waals surface area contributed by atoms with Gasteiger partial charge in [-0.25, -0.2) is 0 Å². The SMILES string of the molecule is CC1CCCN(C(=O)c2ccc(OC(F)(F)F)cc2)C1. The van der Waals surface area contributed by atoms with E-state index in [0.717, 1.165) is 25.0 Å². The number of carbonyl (C=O) groups is 1. The van der Waals surface area contributed by atoms with Crippen molar-refractivity contribution in [3.05, 3.63) is 29.8 Å². The van der Waals surface area contributed by atoms with E-state index in [2.05, 4.69) is 11.7 Å². The number of piperidine rings is 1. The fourth-order valence-corrected chi connectivity index (χ4v) is 2.36. The zero-order valence-electron chi connectivity index (χ0n) is 11.1. The first kappa shape index (κ1) is 14.7. The van der Waals surface area contributed by atoms with Gasteiger partial charge in [0.1, 0.15) is 5.75 Å². The van der Waals surface area contributed by atoms with Crippen LogP contribution in [0.3, 0.4) is 0 Å². The van der Waals surface area contributed by atoms with E-state index < -0.39 is 6.36 Å². The van der Waals surface area contributed by atoms with E-state index in [4.69, 9.17) is 0 Å². The van der Waals surface area contributed by atoms with Crippen LogP contribution in [0.2, 0.25) is 0 Å². The first-order valence-electron chi connectivity index (χ1n) is 6.50. The van der Waals surface area contributed by atoms with Crippen LogP contribution in [0.15, 0.2) is 24.3 Å². The van der Waals surface area contributed by atoms with Crippen molar-refractivity contribution in [1.82, 2.24) is 4.90 Å². The van der Waals surface area contributed by atoms with Crippen molar-refractivity contribution in [2.75, 3.05) is 13.1 Å². The van der Waals surface area contributed by atoms with Crippen LogP contribution in [-0.2, 0) is 0 Å². The maximum atomic E-state index is 12.2. The summed E-state index contributed by atoms with van der Waals surface area (Å²) in [6.45, 7) is 3.48. The lowest BCUT2D eigenvalue weighted by molar-refractivity contribution is -0.274. The molecule has 1 fully saturated rings. The number of alkyl halides is 3. The highest BCUT2D eigenvalue weighted by atomic mass is 19.4. The summed E-state index contributed by atoms with van der Waals surface area (Å²) in [5.41, 5.74) is 0.383. The van der Waals surface area contributed by atoms with Crippen molar-refractivity contribution in [3.63, 3.8) is 0 Å². The van der Waals surface area contributed by atoms with Crippen molar-refractivity contribution in [3.8, 4) is 5.75 Å². The maximum absolute atomic E-state index is 12.2. The number of amides is 1. The van der Waals surface area contributed by atoms with Gasteiger partial charge < -0.3 is 9.64 Å². The molecular formula is C14H16F3NO2. The lowest BCUT2D eigenvalue weighted by atomic mass is 9.99. The number of carbonyl (C=O) groups excluding carboxylic acids is 1. The first-order chi connectivity index (χ1) is 9.35. The summed E-state index contributed by atoms with van der Waals surface area (Å²) in [4.78, 5) is 13.9. The van der Waals surface area contributed by atoms with Crippen LogP contribution in [0.5, 0.6) is 5.75 Å². The molecule has 3 nitrogen and oxygen atoms in total. The Morgan fingerprint density at radius 2 is 1.95 bits per heavy atom. The Labute approximate surface area is 115 Å². The Balaban J connectivity index is 2.04. The highest BCUT2D eigenvalue weighted by Crippen LogP contribution is 2.24. The average molecular weight is 287 g/mol. The molecule has 1 unspecified atom stereocenters. The summed E-state index contributed by atoms with van der Waals surface area (Å²) in [7, 11) is 0. The third-order valence-corrected chi connectivity index (χ3v) is 3.28. The van der Waals surface area contributed by atoms with E-state index in [0.29, 0.717) is 24.6 Å². The fourth-order valence-electron chi connectivity index (χ4n) is 2.36. The fraction of sp³-hybridized carbons (Fsp3) is 0.500. The monoisotopic (exact) mass is 287 g/mol. The molecule has 20 heavy (non-hydrogen) atoms. The second-order valence-corrected chi connectivity index (χ2v) is 5.07. The molecule has 0 N–H and O–H groups in total. The zero-order valence-corrected chi connectivity index (χ0v) is 11.1. The maximum Gasteiger partial charge on any atom is 0.573 e. The van der Waals surface area contributed by atoms with Crippen molar-refractivity contribution in [1.29, 1.82) is 0 Å². The molecule has 0 aromatic heterocycles. The normalized spacial score (nSPS) is 19.8. The molecule has 0 radical (unpaired) electrons. The quantitative estimate of drug-likeness (QED) is 0.833. The van der Waals surface area contributed by atoms with Crippen LogP contribution in [0.1, 0.15) is 30.1 Å². The summed E-state index contributed by atoms with van der Waals surface area (Å²) in [6.07, 6.45) is -2.65. The minimum absolute atomic E-state index is 0.143. The lowest BCUT2D eigenvalue weighted by Gasteiger charge is -2.31. The number of rotatable bonds is 2. The van der Waals surface area contributed by atoms with Gasteiger partial charge in [-0.2, -0.15) is 0 Å². The summed E-state index contributed by atoms with van der Waals surface area (Å²) in [6, 6.07) is 5.05. The lowest BCUT2D eigenvalue weighted by Crippen LogP contribution is -2.39. The molecule has 1 saturated heterocycles. The minimum atomic E-state index is -4.71. The number of benzene rings is 1. The van der Waals surface area contributed by atoms with Gasteiger partial charge in [-0.3, -0.25) is 4.79 Å². The molecule has 0 spiro atoms. The average Bonchev–Trinajstić information content (AvgIpc) is 2.37. The number of hydrogen-bond acceptors (Lipinski definition) is 2. The standard InChI is InChI=1S/C14H16F3NO2/c1-10-3-2-8-18(9-10)13(19)11-4-6-12(7-5-11)20-14(15,16)17/h4-7,10H,2-3,8-9H2,1H3. The van der Waals surface area contributed by atoms with Gasteiger partial charge in [-0.05, 0) is 43.0 Å². The molecule has 0 aliphatic carbocycles. The first-order valence-corrected chi connectivity index (χ1v) is 6.50. The molecule has 1 aliphatic rings. The van der Waals surface area contributed by atoms with Crippen LogP contribution in [0, 0.1) is 5.92 Å². The van der Waals surface area contributed by atoms with Gasteiger partial charge in [0.2, 0.25) is 0 Å². The Morgan fingerprint density at radius 1 is 1.30 bits per heavy atom. The van der Waals surface area contributed by atoms with Crippen LogP contribution in [0.4, 0.5) is 13.2 Å². The molecule has 0 saturated carbocycles. The molecular weight excluding hydrogens is 271 g/mol. The predicted molar refractivity (Wildman–Crippen MR) is 67.4 cm³/mol. The van der Waals surface area contributed by atoms with Gasteiger partial charge in [0, 0.05) is 18.7 Å². The summed E-state index contributed by atoms with van der Waals surface area (Å²) < 4.78 is 39.9. The highest BCUT2D eigenvalue weighted by Gasteiger charge is 2.31. The Morgan fingerprint density at radius 3 is 2.50 bits per heavy atom.